The van der Waals surface area contributed by atoms with Gasteiger partial charge in [-0.1, -0.05) is 37.4 Å². The maximum absolute atomic E-state index is 6.29. The van der Waals surface area contributed by atoms with E-state index in [-0.39, 0.29) is 12.5 Å². The molecule has 0 aromatic heterocycles. The van der Waals surface area contributed by atoms with Crippen molar-refractivity contribution in [3.05, 3.63) is 42.2 Å². The normalized spacial score (nSPS) is 22.3. The summed E-state index contributed by atoms with van der Waals surface area (Å²) in [5.74, 6) is 1.58. The number of hydrogen-bond acceptors (Lipinski definition) is 5. The van der Waals surface area contributed by atoms with Crippen molar-refractivity contribution in [2.45, 2.75) is 44.5 Å². The molecule has 3 unspecified atom stereocenters. The van der Waals surface area contributed by atoms with Crippen molar-refractivity contribution in [1.82, 2.24) is 4.90 Å². The van der Waals surface area contributed by atoms with Crippen LogP contribution in [-0.4, -0.2) is 59.1 Å². The summed E-state index contributed by atoms with van der Waals surface area (Å²) in [6.07, 6.45) is 5.32. The molecular weight excluding hydrogens is 327 g/mol. The molecule has 1 fully saturated rings. The van der Waals surface area contributed by atoms with Crippen molar-refractivity contribution >= 4 is 13.5 Å². The third-order valence-corrected chi connectivity index (χ3v) is 4.85. The summed E-state index contributed by atoms with van der Waals surface area (Å²) < 4.78 is 16.8. The number of nitrogens with one attached hydrogen (secondary N) is 1. The highest BCUT2D eigenvalue weighted by Gasteiger charge is 2.32. The maximum atomic E-state index is 6.29. The summed E-state index contributed by atoms with van der Waals surface area (Å²) in [5, 5.41) is 3.49. The number of nitrogens with zero attached hydrogens (tertiary/aromatic N) is 1. The Kier molecular flexibility index (Phi) is 9.02. The smallest absolute Gasteiger partial charge is 0.187 e. The van der Waals surface area contributed by atoms with Gasteiger partial charge in [0.2, 0.25) is 0 Å². The lowest BCUT2D eigenvalue weighted by atomic mass is 9.79. The number of hydrogen-bond donors (Lipinski definition) is 1. The predicted octanol–water partition coefficient (Wildman–Crippen LogP) is 2.87. The van der Waals surface area contributed by atoms with Gasteiger partial charge in [0, 0.05) is 25.8 Å². The monoisotopic (exact) mass is 360 g/mol. The Bertz CT molecular complexity index is 541. The Hall–Kier alpha value is -1.50. The van der Waals surface area contributed by atoms with Crippen LogP contribution in [0.5, 0.6) is 0 Å². The third kappa shape index (κ3) is 6.67. The largest absolute Gasteiger partial charge is 0.501 e. The molecule has 0 radical (unpaired) electrons. The number of allylic oxidation sites excluding steroid dienone is 1. The first-order chi connectivity index (χ1) is 12.7. The summed E-state index contributed by atoms with van der Waals surface area (Å²) in [6, 6.07) is 10.3. The minimum atomic E-state index is -0.0456. The van der Waals surface area contributed by atoms with Gasteiger partial charge in [-0.2, -0.15) is 0 Å². The number of rotatable bonds is 11. The van der Waals surface area contributed by atoms with E-state index in [1.807, 2.05) is 24.3 Å². The SMILES string of the molecule is BC(CC/C(=C\COC)OC)CC1CN(CC)C(Nc2ccccc2)O1. The number of methoxy groups -OCH3 is 2. The van der Waals surface area contributed by atoms with Gasteiger partial charge < -0.3 is 19.5 Å². The van der Waals surface area contributed by atoms with E-state index in [1.165, 1.54) is 0 Å². The van der Waals surface area contributed by atoms with E-state index in [4.69, 9.17) is 14.2 Å². The average Bonchev–Trinajstić information content (AvgIpc) is 3.04. The van der Waals surface area contributed by atoms with Crippen LogP contribution in [0.2, 0.25) is 5.82 Å². The van der Waals surface area contributed by atoms with Crippen molar-refractivity contribution in [3.8, 4) is 0 Å². The van der Waals surface area contributed by atoms with Gasteiger partial charge in [0.25, 0.3) is 0 Å². The highest BCUT2D eigenvalue weighted by atomic mass is 16.5. The molecule has 3 atom stereocenters. The summed E-state index contributed by atoms with van der Waals surface area (Å²) in [4.78, 5) is 2.35. The van der Waals surface area contributed by atoms with E-state index in [1.54, 1.807) is 14.2 Å². The third-order valence-electron chi connectivity index (χ3n) is 4.85. The molecule has 0 saturated carbocycles. The first-order valence-corrected chi connectivity index (χ1v) is 9.59. The molecule has 1 saturated heterocycles. The zero-order valence-electron chi connectivity index (χ0n) is 16.6. The number of benzene rings is 1. The Balaban J connectivity index is 1.80. The predicted molar refractivity (Wildman–Crippen MR) is 109 cm³/mol. The summed E-state index contributed by atoms with van der Waals surface area (Å²) >= 11 is 0. The van der Waals surface area contributed by atoms with Crippen LogP contribution in [-0.2, 0) is 14.2 Å². The zero-order valence-corrected chi connectivity index (χ0v) is 16.6. The van der Waals surface area contributed by atoms with Crippen molar-refractivity contribution in [3.63, 3.8) is 0 Å². The van der Waals surface area contributed by atoms with Gasteiger partial charge in [0.15, 0.2) is 6.35 Å². The summed E-state index contributed by atoms with van der Waals surface area (Å²) in [6.45, 7) is 4.73. The molecule has 1 aromatic carbocycles. The maximum Gasteiger partial charge on any atom is 0.187 e. The van der Waals surface area contributed by atoms with Crippen LogP contribution in [0.25, 0.3) is 0 Å². The first kappa shape index (κ1) is 20.8. The topological polar surface area (TPSA) is 43.0 Å². The van der Waals surface area contributed by atoms with Gasteiger partial charge in [-0.25, -0.2) is 0 Å². The molecule has 1 aliphatic rings. The van der Waals surface area contributed by atoms with E-state index in [0.29, 0.717) is 12.4 Å². The molecule has 2 rings (SSSR count). The van der Waals surface area contributed by atoms with Gasteiger partial charge in [-0.15, -0.1) is 0 Å². The summed E-state index contributed by atoms with van der Waals surface area (Å²) in [5.41, 5.74) is 1.10. The van der Waals surface area contributed by atoms with E-state index in [0.717, 1.165) is 43.8 Å². The van der Waals surface area contributed by atoms with Crippen molar-refractivity contribution in [2.24, 2.45) is 0 Å². The molecule has 26 heavy (non-hydrogen) atoms. The van der Waals surface area contributed by atoms with Gasteiger partial charge >= 0.3 is 0 Å². The lowest BCUT2D eigenvalue weighted by Crippen LogP contribution is -2.36. The van der Waals surface area contributed by atoms with Crippen LogP contribution < -0.4 is 5.32 Å². The molecule has 0 spiro atoms. The van der Waals surface area contributed by atoms with Crippen molar-refractivity contribution < 1.29 is 14.2 Å². The van der Waals surface area contributed by atoms with Crippen molar-refractivity contribution in [2.75, 3.05) is 39.2 Å². The molecule has 0 bridgehead atoms. The quantitative estimate of drug-likeness (QED) is 0.486. The van der Waals surface area contributed by atoms with Crippen LogP contribution in [0, 0.1) is 0 Å². The van der Waals surface area contributed by atoms with Crippen LogP contribution in [0.4, 0.5) is 5.69 Å². The minimum Gasteiger partial charge on any atom is -0.501 e. The van der Waals surface area contributed by atoms with Gasteiger partial charge in [0.1, 0.15) is 7.85 Å². The molecular formula is C20H33BN2O3. The van der Waals surface area contributed by atoms with E-state index >= 15 is 0 Å². The fourth-order valence-corrected chi connectivity index (χ4v) is 3.31. The van der Waals surface area contributed by atoms with E-state index in [9.17, 15) is 0 Å². The second-order valence-corrected chi connectivity index (χ2v) is 6.92. The van der Waals surface area contributed by atoms with Crippen LogP contribution in [0.15, 0.2) is 42.2 Å². The molecule has 1 aromatic rings. The molecule has 5 nitrogen and oxygen atoms in total. The van der Waals surface area contributed by atoms with Gasteiger partial charge in [0.05, 0.1) is 25.6 Å². The fourth-order valence-electron chi connectivity index (χ4n) is 3.31. The standard InChI is InChI=1S/C20H33BN2O3/c1-4-23-15-19(26-20(23)22-17-8-6-5-7-9-17)14-16(21)10-11-18(25-3)12-13-24-2/h5-9,12,16,19-20,22H,4,10-11,13-15,21H2,1-3H3/b18-12+. The number of ether oxygens (including phenoxy) is 3. The number of para-hydroxylation sites is 1. The second kappa shape index (κ2) is 11.3. The molecule has 144 valence electrons. The van der Waals surface area contributed by atoms with Crippen LogP contribution in [0.3, 0.4) is 0 Å². The fraction of sp³-hybridized carbons (Fsp3) is 0.600. The lowest BCUT2D eigenvalue weighted by molar-refractivity contribution is 0.0184. The highest BCUT2D eigenvalue weighted by molar-refractivity contribution is 6.11. The van der Waals surface area contributed by atoms with Gasteiger partial charge in [-0.05, 0) is 31.2 Å². The number of likely N-dealkylation sites (N-methyl/N-ethyl adjacent to an activating group) is 1. The minimum absolute atomic E-state index is 0.0456. The summed E-state index contributed by atoms with van der Waals surface area (Å²) in [7, 11) is 5.72. The Labute approximate surface area is 159 Å². The van der Waals surface area contributed by atoms with Crippen molar-refractivity contribution in [1.29, 1.82) is 0 Å². The average molecular weight is 360 g/mol. The Morgan fingerprint density at radius 3 is 2.81 bits per heavy atom. The molecule has 1 N–H and O–H groups in total. The van der Waals surface area contributed by atoms with Crippen LogP contribution >= 0.6 is 0 Å². The highest BCUT2D eigenvalue weighted by Crippen LogP contribution is 2.27. The molecule has 0 amide bonds. The second-order valence-electron chi connectivity index (χ2n) is 6.92. The molecule has 1 heterocycles. The molecule has 1 aliphatic heterocycles. The Morgan fingerprint density at radius 1 is 1.38 bits per heavy atom. The van der Waals surface area contributed by atoms with E-state index < -0.39 is 0 Å². The van der Waals surface area contributed by atoms with E-state index in [2.05, 4.69) is 37.1 Å². The number of anilines is 1. The van der Waals surface area contributed by atoms with Gasteiger partial charge in [-0.3, -0.25) is 4.90 Å². The first-order valence-electron chi connectivity index (χ1n) is 9.59. The molecule has 6 heteroatoms. The lowest BCUT2D eigenvalue weighted by Gasteiger charge is -2.22. The Morgan fingerprint density at radius 2 is 2.15 bits per heavy atom. The zero-order chi connectivity index (χ0) is 18.8. The van der Waals surface area contributed by atoms with Crippen LogP contribution in [0.1, 0.15) is 26.2 Å². The molecule has 0 aliphatic carbocycles.